The second-order valence-corrected chi connectivity index (χ2v) is 5.59. The Balaban J connectivity index is 2.05. The van der Waals surface area contributed by atoms with E-state index in [1.807, 2.05) is 31.2 Å². The Bertz CT molecular complexity index is 1030. The monoisotopic (exact) mass is 310 g/mol. The number of aromatic nitrogens is 2. The summed E-state index contributed by atoms with van der Waals surface area (Å²) in [5.41, 5.74) is 2.61. The van der Waals surface area contributed by atoms with E-state index in [0.29, 0.717) is 22.1 Å². The average molecular weight is 311 g/mol. The summed E-state index contributed by atoms with van der Waals surface area (Å²) in [7, 11) is 0. The Morgan fingerprint density at radius 3 is 2.77 bits per heavy atom. The molecule has 2 aromatic rings. The molecule has 108 valence electrons. The number of hydrogen-bond acceptors (Lipinski definition) is 3. The first-order valence-electron chi connectivity index (χ1n) is 6.81. The Labute approximate surface area is 130 Å². The summed E-state index contributed by atoms with van der Waals surface area (Å²) < 4.78 is 7.11. The molecule has 2 aliphatic rings. The van der Waals surface area contributed by atoms with Crippen LogP contribution >= 0.6 is 11.6 Å². The van der Waals surface area contributed by atoms with E-state index < -0.39 is 0 Å². The average Bonchev–Trinajstić information content (AvgIpc) is 2.82. The van der Waals surface area contributed by atoms with Crippen LogP contribution in [-0.2, 0) is 0 Å². The van der Waals surface area contributed by atoms with Crippen LogP contribution in [0.5, 0.6) is 0 Å². The Hall–Kier alpha value is -2.59. The van der Waals surface area contributed by atoms with Crippen molar-refractivity contribution < 1.29 is 4.42 Å². The molecule has 2 heterocycles. The van der Waals surface area contributed by atoms with Crippen molar-refractivity contribution in [2.75, 3.05) is 0 Å². The van der Waals surface area contributed by atoms with Crippen molar-refractivity contribution >= 4 is 22.6 Å². The molecule has 0 N–H and O–H groups in total. The van der Waals surface area contributed by atoms with Gasteiger partial charge in [0.15, 0.2) is 0 Å². The van der Waals surface area contributed by atoms with Crippen molar-refractivity contribution in [1.29, 1.82) is 0 Å². The van der Waals surface area contributed by atoms with Crippen LogP contribution in [-0.4, -0.2) is 9.78 Å². The normalized spacial score (nSPS) is 11.4. The third-order valence-corrected chi connectivity index (χ3v) is 3.90. The molecule has 0 unspecified atom stereocenters. The second-order valence-electron chi connectivity index (χ2n) is 5.15. The van der Waals surface area contributed by atoms with Crippen LogP contribution in [0, 0.1) is 6.92 Å². The molecule has 4 nitrogen and oxygen atoms in total. The molecule has 2 aliphatic heterocycles. The molecule has 0 atom stereocenters. The van der Waals surface area contributed by atoms with E-state index in [1.165, 1.54) is 4.68 Å². The molecule has 0 radical (unpaired) electrons. The summed E-state index contributed by atoms with van der Waals surface area (Å²) in [6.07, 6.45) is 0. The number of aryl methyl sites for hydroxylation is 1. The van der Waals surface area contributed by atoms with Gasteiger partial charge in [-0.3, -0.25) is 4.79 Å². The van der Waals surface area contributed by atoms with Crippen molar-refractivity contribution in [2.24, 2.45) is 0 Å². The summed E-state index contributed by atoms with van der Waals surface area (Å²) >= 11 is 5.99. The van der Waals surface area contributed by atoms with Gasteiger partial charge in [-0.25, -0.2) is 0 Å². The Morgan fingerprint density at radius 2 is 1.95 bits per heavy atom. The van der Waals surface area contributed by atoms with E-state index in [0.717, 1.165) is 16.6 Å². The molecule has 0 saturated heterocycles. The third kappa shape index (κ3) is 1.92. The molecular formula is C17H11ClN2O2. The number of nitrogens with zero attached hydrogens (tertiary/aromatic N) is 2. The van der Waals surface area contributed by atoms with Gasteiger partial charge in [-0.05, 0) is 42.8 Å². The lowest BCUT2D eigenvalue weighted by atomic mass is 10.2. The van der Waals surface area contributed by atoms with Crippen molar-refractivity contribution in [3.63, 3.8) is 0 Å². The quantitative estimate of drug-likeness (QED) is 0.533. The largest absolute Gasteiger partial charge is 0.436 e. The maximum atomic E-state index is 12.6. The van der Waals surface area contributed by atoms with Crippen LogP contribution in [0.4, 0.5) is 0 Å². The maximum Gasteiger partial charge on any atom is 0.284 e. The fourth-order valence-corrected chi connectivity index (χ4v) is 2.72. The van der Waals surface area contributed by atoms with Crippen LogP contribution in [0.2, 0.25) is 5.02 Å². The van der Waals surface area contributed by atoms with Gasteiger partial charge in [-0.2, -0.15) is 4.68 Å². The predicted molar refractivity (Wildman–Crippen MR) is 86.0 cm³/mol. The predicted octanol–water partition coefficient (Wildman–Crippen LogP) is 4.05. The molecule has 0 saturated carbocycles. The lowest BCUT2D eigenvalue weighted by Crippen LogP contribution is -2.15. The van der Waals surface area contributed by atoms with Gasteiger partial charge in [0.2, 0.25) is 5.89 Å². The standard InChI is InChI=1S/C17H11ClN2O2/c1-10-4-2-3-5-14(10)20-17(21)13-9-11-8-12(18)6-7-15(11)22-16(13)19-20/h2-9H,1H3. The van der Waals surface area contributed by atoms with Crippen LogP contribution in [0.25, 0.3) is 28.1 Å². The molecule has 0 aliphatic carbocycles. The molecule has 0 aromatic heterocycles. The number of para-hydroxylation sites is 1. The van der Waals surface area contributed by atoms with E-state index in [-0.39, 0.29) is 5.56 Å². The maximum absolute atomic E-state index is 12.6. The molecule has 4 rings (SSSR count). The minimum absolute atomic E-state index is 0.199. The van der Waals surface area contributed by atoms with Gasteiger partial charge < -0.3 is 4.42 Å². The lowest BCUT2D eigenvalue weighted by molar-refractivity contribution is 0.591. The van der Waals surface area contributed by atoms with Gasteiger partial charge in [0.25, 0.3) is 5.56 Å². The highest BCUT2D eigenvalue weighted by Crippen LogP contribution is 2.27. The fourth-order valence-electron chi connectivity index (χ4n) is 2.54. The molecule has 2 aromatic carbocycles. The highest BCUT2D eigenvalue weighted by Gasteiger charge is 2.20. The van der Waals surface area contributed by atoms with Crippen LogP contribution < -0.4 is 5.56 Å². The zero-order valence-corrected chi connectivity index (χ0v) is 12.5. The van der Waals surface area contributed by atoms with Gasteiger partial charge in [0.05, 0.1) is 5.69 Å². The van der Waals surface area contributed by atoms with Crippen LogP contribution in [0.3, 0.4) is 0 Å². The minimum atomic E-state index is -0.199. The zero-order chi connectivity index (χ0) is 15.3. The molecule has 22 heavy (non-hydrogen) atoms. The van der Waals surface area contributed by atoms with E-state index in [1.54, 1.807) is 24.3 Å². The number of hydrogen-bond donors (Lipinski definition) is 0. The molecule has 0 bridgehead atoms. The van der Waals surface area contributed by atoms with Crippen molar-refractivity contribution in [3.05, 3.63) is 69.5 Å². The van der Waals surface area contributed by atoms with E-state index in [2.05, 4.69) is 5.10 Å². The van der Waals surface area contributed by atoms with Gasteiger partial charge in [0, 0.05) is 10.4 Å². The van der Waals surface area contributed by atoms with Gasteiger partial charge in [-0.15, -0.1) is 5.10 Å². The zero-order valence-electron chi connectivity index (χ0n) is 11.7. The first-order valence-corrected chi connectivity index (χ1v) is 7.19. The number of benzene rings is 2. The SMILES string of the molecule is Cc1ccccc1-n1nc2oc3ccc(Cl)cc3cc-2c1=O. The first kappa shape index (κ1) is 13.1. The molecule has 0 amide bonds. The summed E-state index contributed by atoms with van der Waals surface area (Å²) in [6, 6.07) is 14.7. The van der Waals surface area contributed by atoms with Crippen molar-refractivity contribution in [1.82, 2.24) is 9.78 Å². The highest BCUT2D eigenvalue weighted by molar-refractivity contribution is 6.31. The van der Waals surface area contributed by atoms with E-state index in [9.17, 15) is 4.79 Å². The van der Waals surface area contributed by atoms with Crippen molar-refractivity contribution in [3.8, 4) is 17.1 Å². The molecular weight excluding hydrogens is 300 g/mol. The molecule has 0 spiro atoms. The van der Waals surface area contributed by atoms with Crippen LogP contribution in [0.15, 0.2) is 57.7 Å². The van der Waals surface area contributed by atoms with Crippen LogP contribution in [0.1, 0.15) is 5.56 Å². The van der Waals surface area contributed by atoms with Crippen molar-refractivity contribution in [2.45, 2.75) is 6.92 Å². The van der Waals surface area contributed by atoms with E-state index >= 15 is 0 Å². The van der Waals surface area contributed by atoms with Gasteiger partial charge >= 0.3 is 0 Å². The number of halogens is 1. The summed E-state index contributed by atoms with van der Waals surface area (Å²) in [5.74, 6) is 0.322. The topological polar surface area (TPSA) is 48.0 Å². The lowest BCUT2D eigenvalue weighted by Gasteiger charge is -2.02. The summed E-state index contributed by atoms with van der Waals surface area (Å²) in [5, 5.41) is 5.70. The summed E-state index contributed by atoms with van der Waals surface area (Å²) in [6.45, 7) is 1.94. The van der Waals surface area contributed by atoms with Gasteiger partial charge in [-0.1, -0.05) is 29.8 Å². The fraction of sp³-hybridized carbons (Fsp3) is 0.0588. The van der Waals surface area contributed by atoms with E-state index in [4.69, 9.17) is 16.0 Å². The second kappa shape index (κ2) is 4.71. The summed E-state index contributed by atoms with van der Waals surface area (Å²) in [4.78, 5) is 12.6. The first-order chi connectivity index (χ1) is 10.6. The number of rotatable bonds is 1. The highest BCUT2D eigenvalue weighted by atomic mass is 35.5. The Kier molecular flexibility index (Phi) is 2.81. The van der Waals surface area contributed by atoms with Gasteiger partial charge in [0.1, 0.15) is 11.1 Å². The third-order valence-electron chi connectivity index (χ3n) is 3.67. The molecule has 5 heteroatoms. The smallest absolute Gasteiger partial charge is 0.284 e. The molecule has 0 fully saturated rings. The Morgan fingerprint density at radius 1 is 1.14 bits per heavy atom. The number of fused-ring (bicyclic) bond motifs is 2. The minimum Gasteiger partial charge on any atom is -0.436 e.